The minimum Gasteiger partial charge on any atom is -0.494 e. The van der Waals surface area contributed by atoms with Crippen molar-refractivity contribution in [3.05, 3.63) is 65.0 Å². The molecule has 30 heavy (non-hydrogen) atoms. The summed E-state index contributed by atoms with van der Waals surface area (Å²) >= 11 is 6.01. The van der Waals surface area contributed by atoms with Crippen LogP contribution >= 0.6 is 35.6 Å². The van der Waals surface area contributed by atoms with Crippen LogP contribution in [0.15, 0.2) is 58.0 Å². The minimum atomic E-state index is 0. The molecule has 0 aliphatic heterocycles. The molecule has 2 aromatic carbocycles. The summed E-state index contributed by atoms with van der Waals surface area (Å²) in [6.07, 6.45) is 0.573. The fourth-order valence-electron chi connectivity index (χ4n) is 2.73. The van der Waals surface area contributed by atoms with Gasteiger partial charge in [0.1, 0.15) is 5.75 Å². The van der Waals surface area contributed by atoms with Crippen molar-refractivity contribution in [2.45, 2.75) is 19.9 Å². The Morgan fingerprint density at radius 1 is 1.17 bits per heavy atom. The van der Waals surface area contributed by atoms with Gasteiger partial charge < -0.3 is 19.9 Å². The number of guanidine groups is 1. The van der Waals surface area contributed by atoms with Gasteiger partial charge in [-0.15, -0.1) is 24.0 Å². The number of halogens is 2. The van der Waals surface area contributed by atoms with E-state index in [9.17, 15) is 0 Å². The Kier molecular flexibility index (Phi) is 9.88. The molecule has 3 rings (SSSR count). The number of hydrogen-bond acceptors (Lipinski definition) is 5. The molecular weight excluding hydrogens is 517 g/mol. The molecule has 0 aliphatic rings. The molecule has 0 radical (unpaired) electrons. The lowest BCUT2D eigenvalue weighted by Crippen LogP contribution is -2.38. The molecule has 0 saturated heterocycles. The number of rotatable bonds is 8. The van der Waals surface area contributed by atoms with E-state index in [-0.39, 0.29) is 24.0 Å². The van der Waals surface area contributed by atoms with E-state index in [2.05, 4.69) is 25.8 Å². The van der Waals surface area contributed by atoms with Gasteiger partial charge in [0.15, 0.2) is 5.96 Å². The Morgan fingerprint density at radius 2 is 2.00 bits per heavy atom. The van der Waals surface area contributed by atoms with Crippen LogP contribution in [0.3, 0.4) is 0 Å². The van der Waals surface area contributed by atoms with Crippen LogP contribution in [0.2, 0.25) is 5.02 Å². The Morgan fingerprint density at radius 3 is 2.77 bits per heavy atom. The number of ether oxygens (including phenoxy) is 1. The molecule has 2 N–H and O–H groups in total. The summed E-state index contributed by atoms with van der Waals surface area (Å²) in [5, 5.41) is 11.2. The highest BCUT2D eigenvalue weighted by Crippen LogP contribution is 2.20. The van der Waals surface area contributed by atoms with Crippen molar-refractivity contribution in [1.29, 1.82) is 0 Å². The summed E-state index contributed by atoms with van der Waals surface area (Å²) in [6.45, 7) is 3.81. The molecule has 0 atom stereocenters. The predicted molar refractivity (Wildman–Crippen MR) is 130 cm³/mol. The molecule has 7 nitrogen and oxygen atoms in total. The summed E-state index contributed by atoms with van der Waals surface area (Å²) in [5.41, 5.74) is 1.89. The largest absolute Gasteiger partial charge is 0.494 e. The van der Waals surface area contributed by atoms with Gasteiger partial charge in [0.25, 0.3) is 0 Å². The summed E-state index contributed by atoms with van der Waals surface area (Å²) in [5.74, 6) is 2.63. The number of nitrogens with one attached hydrogen (secondary N) is 2. The Bertz CT molecular complexity index is 964. The van der Waals surface area contributed by atoms with E-state index < -0.39 is 0 Å². The van der Waals surface area contributed by atoms with Gasteiger partial charge in [-0.2, -0.15) is 4.98 Å². The highest BCUT2D eigenvalue weighted by molar-refractivity contribution is 14.0. The Balaban J connectivity index is 0.00000320. The molecule has 1 heterocycles. The lowest BCUT2D eigenvalue weighted by atomic mass is 10.2. The topological polar surface area (TPSA) is 84.6 Å². The summed E-state index contributed by atoms with van der Waals surface area (Å²) in [7, 11) is 1.73. The van der Waals surface area contributed by atoms with E-state index in [1.807, 2.05) is 43.3 Å². The van der Waals surface area contributed by atoms with Gasteiger partial charge in [0.2, 0.25) is 11.7 Å². The lowest BCUT2D eigenvalue weighted by Gasteiger charge is -2.13. The van der Waals surface area contributed by atoms with Crippen LogP contribution < -0.4 is 15.4 Å². The zero-order valence-corrected chi connectivity index (χ0v) is 20.0. The second kappa shape index (κ2) is 12.4. The third-order valence-electron chi connectivity index (χ3n) is 4.12. The van der Waals surface area contributed by atoms with Crippen LogP contribution in [0, 0.1) is 0 Å². The molecule has 0 fully saturated rings. The normalized spacial score (nSPS) is 11.0. The summed E-state index contributed by atoms with van der Waals surface area (Å²) < 4.78 is 11.0. The smallest absolute Gasteiger partial charge is 0.228 e. The first-order valence-electron chi connectivity index (χ1n) is 9.43. The molecule has 3 aromatic rings. The predicted octanol–water partition coefficient (Wildman–Crippen LogP) is 4.31. The van der Waals surface area contributed by atoms with Crippen LogP contribution in [-0.2, 0) is 13.0 Å². The summed E-state index contributed by atoms with van der Waals surface area (Å²) in [4.78, 5) is 8.66. The highest BCUT2D eigenvalue weighted by Gasteiger charge is 2.09. The molecule has 0 saturated carbocycles. The van der Waals surface area contributed by atoms with Gasteiger partial charge in [0.05, 0.1) is 6.61 Å². The first-order valence-corrected chi connectivity index (χ1v) is 9.81. The maximum Gasteiger partial charge on any atom is 0.228 e. The van der Waals surface area contributed by atoms with Crippen molar-refractivity contribution in [3.8, 4) is 17.1 Å². The van der Waals surface area contributed by atoms with Crippen LogP contribution in [0.25, 0.3) is 11.4 Å². The molecule has 160 valence electrons. The maximum absolute atomic E-state index is 6.01. The molecule has 0 spiro atoms. The van der Waals surface area contributed by atoms with Crippen LogP contribution in [0.5, 0.6) is 5.75 Å². The maximum atomic E-state index is 6.01. The van der Waals surface area contributed by atoms with E-state index in [0.717, 1.165) is 16.9 Å². The third kappa shape index (κ3) is 6.88. The SMILES string of the molecule is CCOc1ccccc1CNC(=NC)NCCc1nc(-c2cccc(Cl)c2)no1.I. The number of aliphatic imine (C=N–C) groups is 1. The minimum absolute atomic E-state index is 0. The van der Waals surface area contributed by atoms with Gasteiger partial charge in [-0.1, -0.05) is 47.1 Å². The average molecular weight is 542 g/mol. The second-order valence-electron chi connectivity index (χ2n) is 6.17. The van der Waals surface area contributed by atoms with Gasteiger partial charge >= 0.3 is 0 Å². The molecule has 0 bridgehead atoms. The summed E-state index contributed by atoms with van der Waals surface area (Å²) in [6, 6.07) is 15.3. The second-order valence-corrected chi connectivity index (χ2v) is 6.60. The number of nitrogens with zero attached hydrogens (tertiary/aromatic N) is 3. The molecule has 1 aromatic heterocycles. The quantitative estimate of drug-likeness (QED) is 0.251. The van der Waals surface area contributed by atoms with E-state index in [4.69, 9.17) is 20.9 Å². The van der Waals surface area contributed by atoms with E-state index >= 15 is 0 Å². The van der Waals surface area contributed by atoms with Crippen LogP contribution in [0.1, 0.15) is 18.4 Å². The lowest BCUT2D eigenvalue weighted by molar-refractivity contribution is 0.336. The zero-order valence-electron chi connectivity index (χ0n) is 16.9. The van der Waals surface area contributed by atoms with Crippen LogP contribution in [0.4, 0.5) is 0 Å². The van der Waals surface area contributed by atoms with Gasteiger partial charge in [-0.25, -0.2) is 0 Å². The van der Waals surface area contributed by atoms with Gasteiger partial charge in [-0.05, 0) is 25.1 Å². The third-order valence-corrected chi connectivity index (χ3v) is 4.36. The van der Waals surface area contributed by atoms with Crippen LogP contribution in [-0.4, -0.2) is 36.3 Å². The fourth-order valence-corrected chi connectivity index (χ4v) is 2.93. The van der Waals surface area contributed by atoms with Crippen molar-refractivity contribution in [2.75, 3.05) is 20.2 Å². The number of aromatic nitrogens is 2. The molecule has 0 aliphatic carbocycles. The number of para-hydroxylation sites is 1. The standard InChI is InChI=1S/C21H24ClN5O2.HI/c1-3-28-18-10-5-4-7-16(18)14-25-21(23-2)24-12-11-19-26-20(27-29-19)15-8-6-9-17(22)13-15;/h4-10,13H,3,11-12,14H2,1-2H3,(H2,23,24,25);1H. The van der Waals surface area contributed by atoms with Gasteiger partial charge in [-0.3, -0.25) is 4.99 Å². The molecular formula is C21H25ClIN5O2. The van der Waals surface area contributed by atoms with Gasteiger partial charge in [0, 0.05) is 42.7 Å². The average Bonchev–Trinajstić information content (AvgIpc) is 3.21. The Labute approximate surface area is 198 Å². The zero-order chi connectivity index (χ0) is 20.5. The monoisotopic (exact) mass is 541 g/mol. The highest BCUT2D eigenvalue weighted by atomic mass is 127. The first kappa shape index (κ1) is 23.9. The van der Waals surface area contributed by atoms with Crippen molar-refractivity contribution >= 4 is 41.5 Å². The first-order chi connectivity index (χ1) is 14.2. The van der Waals surface area contributed by atoms with Crippen molar-refractivity contribution in [1.82, 2.24) is 20.8 Å². The van der Waals surface area contributed by atoms with E-state index in [1.54, 1.807) is 19.2 Å². The van der Waals surface area contributed by atoms with E-state index in [1.165, 1.54) is 0 Å². The Hall–Kier alpha value is -2.33. The van der Waals surface area contributed by atoms with Crippen molar-refractivity contribution < 1.29 is 9.26 Å². The fraction of sp³-hybridized carbons (Fsp3) is 0.286. The molecule has 0 amide bonds. The molecule has 9 heteroatoms. The van der Waals surface area contributed by atoms with Crippen molar-refractivity contribution in [2.24, 2.45) is 4.99 Å². The number of benzene rings is 2. The van der Waals surface area contributed by atoms with E-state index in [0.29, 0.717) is 48.8 Å². The molecule has 0 unspecified atom stereocenters. The number of hydrogen-bond donors (Lipinski definition) is 2. The van der Waals surface area contributed by atoms with Crippen molar-refractivity contribution in [3.63, 3.8) is 0 Å².